The summed E-state index contributed by atoms with van der Waals surface area (Å²) in [7, 11) is -1.55. The van der Waals surface area contributed by atoms with Crippen molar-refractivity contribution in [1.82, 2.24) is 13.9 Å². The van der Waals surface area contributed by atoms with Crippen LogP contribution >= 0.6 is 0 Å². The fourth-order valence-corrected chi connectivity index (χ4v) is 2.71. The Bertz CT molecular complexity index is 568. The maximum atomic E-state index is 11.4. The van der Waals surface area contributed by atoms with Crippen molar-refractivity contribution in [1.29, 1.82) is 0 Å². The molecule has 1 N–H and O–H groups in total. The third-order valence-electron chi connectivity index (χ3n) is 2.79. The van der Waals surface area contributed by atoms with Crippen LogP contribution in [0, 0.1) is 10.1 Å². The maximum Gasteiger partial charge on any atom is 0.406 e. The topological polar surface area (TPSA) is 110 Å². The average molecular weight is 305 g/mol. The molecule has 0 amide bonds. The van der Waals surface area contributed by atoms with E-state index in [2.05, 4.69) is 10.3 Å². The summed E-state index contributed by atoms with van der Waals surface area (Å²) in [6, 6.07) is 0. The largest absolute Gasteiger partial charge is 0.406 e. The lowest BCUT2D eigenvalue weighted by Gasteiger charge is -2.17. The SMILES string of the molecule is CCN(CCCNc1c([N+](=O)[O-])ncn1C)S(C)(=O)=O. The number of imidazole rings is 1. The Morgan fingerprint density at radius 1 is 1.55 bits per heavy atom. The second-order valence-corrected chi connectivity index (χ2v) is 6.30. The molecule has 0 saturated carbocycles. The summed E-state index contributed by atoms with van der Waals surface area (Å²) in [6.45, 7) is 2.96. The molecule has 20 heavy (non-hydrogen) atoms. The Morgan fingerprint density at radius 3 is 2.70 bits per heavy atom. The number of nitro groups is 1. The lowest BCUT2D eigenvalue weighted by Crippen LogP contribution is -2.31. The summed E-state index contributed by atoms with van der Waals surface area (Å²) < 4.78 is 25.6. The Labute approximate surface area is 117 Å². The van der Waals surface area contributed by atoms with E-state index >= 15 is 0 Å². The van der Waals surface area contributed by atoms with Crippen LogP contribution in [0.5, 0.6) is 0 Å². The Morgan fingerprint density at radius 2 is 2.20 bits per heavy atom. The highest BCUT2D eigenvalue weighted by Crippen LogP contribution is 2.20. The summed E-state index contributed by atoms with van der Waals surface area (Å²) in [5.41, 5.74) is 0. The van der Waals surface area contributed by atoms with Gasteiger partial charge in [0.2, 0.25) is 22.2 Å². The number of nitrogens with one attached hydrogen (secondary N) is 1. The van der Waals surface area contributed by atoms with Crippen LogP contribution < -0.4 is 5.32 Å². The van der Waals surface area contributed by atoms with E-state index in [1.54, 1.807) is 14.0 Å². The molecule has 0 aliphatic heterocycles. The third-order valence-corrected chi connectivity index (χ3v) is 4.17. The minimum atomic E-state index is -3.20. The summed E-state index contributed by atoms with van der Waals surface area (Å²) in [4.78, 5) is 13.9. The monoisotopic (exact) mass is 305 g/mol. The van der Waals surface area contributed by atoms with Crippen LogP contribution in [0.15, 0.2) is 6.33 Å². The molecule has 1 rings (SSSR count). The van der Waals surface area contributed by atoms with Gasteiger partial charge in [0.1, 0.15) is 0 Å². The van der Waals surface area contributed by atoms with E-state index in [1.807, 2.05) is 0 Å². The van der Waals surface area contributed by atoms with Crippen LogP contribution in [-0.2, 0) is 17.1 Å². The van der Waals surface area contributed by atoms with Gasteiger partial charge in [-0.3, -0.25) is 4.57 Å². The van der Waals surface area contributed by atoms with E-state index in [0.717, 1.165) is 6.26 Å². The number of hydrogen-bond donors (Lipinski definition) is 1. The van der Waals surface area contributed by atoms with Crippen LogP contribution in [0.1, 0.15) is 13.3 Å². The van der Waals surface area contributed by atoms with Gasteiger partial charge < -0.3 is 15.4 Å². The van der Waals surface area contributed by atoms with Gasteiger partial charge in [0.25, 0.3) is 0 Å². The van der Waals surface area contributed by atoms with Gasteiger partial charge in [0.15, 0.2) is 0 Å². The smallest absolute Gasteiger partial charge is 0.364 e. The molecular weight excluding hydrogens is 286 g/mol. The van der Waals surface area contributed by atoms with Crippen LogP contribution in [-0.4, -0.2) is 53.1 Å². The van der Waals surface area contributed by atoms with E-state index in [9.17, 15) is 18.5 Å². The molecule has 0 aliphatic carbocycles. The zero-order valence-electron chi connectivity index (χ0n) is 11.7. The summed E-state index contributed by atoms with van der Waals surface area (Å²) in [5.74, 6) is 0.0837. The molecule has 1 aromatic rings. The molecule has 0 radical (unpaired) electrons. The first-order valence-electron chi connectivity index (χ1n) is 6.12. The molecule has 1 aromatic heterocycles. The highest BCUT2D eigenvalue weighted by molar-refractivity contribution is 7.88. The van der Waals surface area contributed by atoms with Gasteiger partial charge in [-0.15, -0.1) is 0 Å². The molecular formula is C10H19N5O4S. The molecule has 0 fully saturated rings. The first-order chi connectivity index (χ1) is 9.27. The zero-order chi connectivity index (χ0) is 15.3. The number of anilines is 1. The first-order valence-corrected chi connectivity index (χ1v) is 7.97. The van der Waals surface area contributed by atoms with Crippen LogP contribution in [0.25, 0.3) is 0 Å². The van der Waals surface area contributed by atoms with Crippen molar-refractivity contribution in [3.05, 3.63) is 16.4 Å². The van der Waals surface area contributed by atoms with Gasteiger partial charge in [0.05, 0.1) is 6.26 Å². The lowest BCUT2D eigenvalue weighted by atomic mass is 10.4. The number of nitrogens with zero attached hydrogens (tertiary/aromatic N) is 4. The molecule has 0 saturated heterocycles. The van der Waals surface area contributed by atoms with Crippen molar-refractivity contribution in [2.75, 3.05) is 31.2 Å². The Kier molecular flexibility index (Phi) is 5.45. The molecule has 9 nitrogen and oxygen atoms in total. The van der Waals surface area contributed by atoms with Gasteiger partial charge in [-0.25, -0.2) is 12.7 Å². The second-order valence-electron chi connectivity index (χ2n) is 4.32. The van der Waals surface area contributed by atoms with Crippen molar-refractivity contribution in [2.24, 2.45) is 7.05 Å². The van der Waals surface area contributed by atoms with Crippen LogP contribution in [0.2, 0.25) is 0 Å². The van der Waals surface area contributed by atoms with E-state index in [4.69, 9.17) is 0 Å². The summed E-state index contributed by atoms with van der Waals surface area (Å²) >= 11 is 0. The minimum absolute atomic E-state index is 0.233. The highest BCUT2D eigenvalue weighted by atomic mass is 32.2. The molecule has 10 heteroatoms. The van der Waals surface area contributed by atoms with Crippen molar-refractivity contribution in [3.63, 3.8) is 0 Å². The number of rotatable bonds is 8. The third kappa shape index (κ3) is 4.17. The quantitative estimate of drug-likeness (QED) is 0.423. The molecule has 0 aliphatic rings. The van der Waals surface area contributed by atoms with Crippen LogP contribution in [0.3, 0.4) is 0 Å². The molecule has 0 atom stereocenters. The Hall–Kier alpha value is -1.68. The van der Waals surface area contributed by atoms with E-state index in [-0.39, 0.29) is 5.82 Å². The molecule has 0 unspecified atom stereocenters. The highest BCUT2D eigenvalue weighted by Gasteiger charge is 2.19. The van der Waals surface area contributed by atoms with Crippen molar-refractivity contribution in [2.45, 2.75) is 13.3 Å². The van der Waals surface area contributed by atoms with Gasteiger partial charge in [0, 0.05) is 26.7 Å². The normalized spacial score (nSPS) is 11.8. The van der Waals surface area contributed by atoms with Gasteiger partial charge >= 0.3 is 5.82 Å². The maximum absolute atomic E-state index is 11.4. The number of aromatic nitrogens is 2. The van der Waals surface area contributed by atoms with Crippen molar-refractivity contribution < 1.29 is 13.3 Å². The number of hydrogen-bond acceptors (Lipinski definition) is 6. The second kappa shape index (κ2) is 6.66. The summed E-state index contributed by atoms with van der Waals surface area (Å²) in [5, 5.41) is 13.7. The zero-order valence-corrected chi connectivity index (χ0v) is 12.6. The Balaban J connectivity index is 2.54. The fraction of sp³-hybridized carbons (Fsp3) is 0.700. The molecule has 0 spiro atoms. The standard InChI is InChI=1S/C10H19N5O4S/c1-4-14(20(3,18)19)7-5-6-11-9-10(15(16)17)12-8-13(9)2/h8,11H,4-7H2,1-3H3. The van der Waals surface area contributed by atoms with Crippen LogP contribution in [0.4, 0.5) is 11.6 Å². The average Bonchev–Trinajstić information content (AvgIpc) is 2.69. The van der Waals surface area contributed by atoms with Gasteiger partial charge in [-0.05, 0) is 16.3 Å². The molecule has 114 valence electrons. The predicted molar refractivity (Wildman–Crippen MR) is 75.1 cm³/mol. The van der Waals surface area contributed by atoms with E-state index in [1.165, 1.54) is 15.2 Å². The van der Waals surface area contributed by atoms with Gasteiger partial charge in [-0.1, -0.05) is 6.92 Å². The number of aryl methyl sites for hydroxylation is 1. The van der Waals surface area contributed by atoms with E-state index in [0.29, 0.717) is 31.9 Å². The lowest BCUT2D eigenvalue weighted by molar-refractivity contribution is -0.388. The van der Waals surface area contributed by atoms with Crippen molar-refractivity contribution in [3.8, 4) is 0 Å². The molecule has 1 heterocycles. The van der Waals surface area contributed by atoms with E-state index < -0.39 is 14.9 Å². The first kappa shape index (κ1) is 16.4. The van der Waals surface area contributed by atoms with Crippen molar-refractivity contribution >= 4 is 21.7 Å². The minimum Gasteiger partial charge on any atom is -0.364 e. The predicted octanol–water partition coefficient (Wildman–Crippen LogP) is 0.412. The molecule has 0 bridgehead atoms. The van der Waals surface area contributed by atoms with Gasteiger partial charge in [-0.2, -0.15) is 0 Å². The number of sulfonamides is 1. The summed E-state index contributed by atoms with van der Waals surface area (Å²) in [6.07, 6.45) is 3.06. The molecule has 0 aromatic carbocycles. The fourth-order valence-electron chi connectivity index (χ4n) is 1.78.